The molecule has 2 aromatic rings. The van der Waals surface area contributed by atoms with E-state index in [0.29, 0.717) is 17.2 Å². The summed E-state index contributed by atoms with van der Waals surface area (Å²) in [4.78, 5) is 0. The van der Waals surface area contributed by atoms with Gasteiger partial charge in [-0.1, -0.05) is 15.9 Å². The highest BCUT2D eigenvalue weighted by Crippen LogP contribution is 2.33. The summed E-state index contributed by atoms with van der Waals surface area (Å²) in [7, 11) is 0. The first-order valence-electron chi connectivity index (χ1n) is 5.48. The normalized spacial score (nSPS) is 9.95. The van der Waals surface area contributed by atoms with Gasteiger partial charge < -0.3 is 10.5 Å². The van der Waals surface area contributed by atoms with E-state index in [1.807, 2.05) is 18.2 Å². The Hall–Kier alpha value is -1.51. The van der Waals surface area contributed by atoms with Crippen LogP contribution in [0, 0.1) is 11.3 Å². The van der Waals surface area contributed by atoms with Crippen LogP contribution in [-0.2, 0) is 6.42 Å². The molecular weight excluding hydrogens is 372 g/mol. The molecule has 0 aliphatic rings. The molecule has 3 nitrogen and oxygen atoms in total. The fourth-order valence-corrected chi connectivity index (χ4v) is 2.70. The molecule has 2 rings (SSSR count). The van der Waals surface area contributed by atoms with Gasteiger partial charge in [0.2, 0.25) is 0 Å². The topological polar surface area (TPSA) is 59.0 Å². The first-order chi connectivity index (χ1) is 9.10. The Morgan fingerprint density at radius 1 is 1.16 bits per heavy atom. The summed E-state index contributed by atoms with van der Waals surface area (Å²) in [6, 6.07) is 13.1. The number of benzene rings is 2. The van der Waals surface area contributed by atoms with Crippen molar-refractivity contribution >= 4 is 37.5 Å². The van der Waals surface area contributed by atoms with E-state index >= 15 is 0 Å². The number of nitrogens with two attached hydrogens (primary N) is 1. The summed E-state index contributed by atoms with van der Waals surface area (Å²) in [5.74, 6) is 1.36. The van der Waals surface area contributed by atoms with Crippen LogP contribution in [0.5, 0.6) is 11.5 Å². The molecule has 0 amide bonds. The molecule has 0 radical (unpaired) electrons. The van der Waals surface area contributed by atoms with Crippen molar-refractivity contribution in [2.45, 2.75) is 6.42 Å². The van der Waals surface area contributed by atoms with Gasteiger partial charge in [0.05, 0.1) is 17.0 Å². The van der Waals surface area contributed by atoms with Crippen LogP contribution in [0.25, 0.3) is 0 Å². The number of anilines is 1. The van der Waals surface area contributed by atoms with Crippen molar-refractivity contribution in [3.63, 3.8) is 0 Å². The number of halogens is 2. The lowest BCUT2D eigenvalue weighted by Crippen LogP contribution is -1.94. The maximum absolute atomic E-state index is 8.74. The van der Waals surface area contributed by atoms with Gasteiger partial charge in [0.15, 0.2) is 0 Å². The number of hydrogen-bond acceptors (Lipinski definition) is 3. The Labute approximate surface area is 128 Å². The van der Waals surface area contributed by atoms with E-state index in [0.717, 1.165) is 14.5 Å². The molecule has 19 heavy (non-hydrogen) atoms. The van der Waals surface area contributed by atoms with Gasteiger partial charge in [-0.15, -0.1) is 0 Å². The molecular formula is C14H10Br2N2O. The van der Waals surface area contributed by atoms with Crippen LogP contribution in [0.1, 0.15) is 5.56 Å². The molecule has 2 aromatic carbocycles. The van der Waals surface area contributed by atoms with Crippen molar-refractivity contribution < 1.29 is 4.74 Å². The predicted octanol–water partition coefficient (Wildman–Crippen LogP) is 4.65. The Bertz CT molecular complexity index is 650. The average molecular weight is 382 g/mol. The average Bonchev–Trinajstić information content (AvgIpc) is 2.37. The van der Waals surface area contributed by atoms with Crippen LogP contribution < -0.4 is 10.5 Å². The highest BCUT2D eigenvalue weighted by Gasteiger charge is 2.06. The molecule has 0 aliphatic carbocycles. The first-order valence-corrected chi connectivity index (χ1v) is 7.07. The van der Waals surface area contributed by atoms with E-state index in [9.17, 15) is 0 Å². The third kappa shape index (κ3) is 3.49. The second kappa shape index (κ2) is 6.09. The summed E-state index contributed by atoms with van der Waals surface area (Å²) in [6.45, 7) is 0. The third-order valence-electron chi connectivity index (χ3n) is 2.51. The number of rotatable bonds is 3. The lowest BCUT2D eigenvalue weighted by Gasteiger charge is -2.10. The Kier molecular flexibility index (Phi) is 4.46. The fourth-order valence-electron chi connectivity index (χ4n) is 1.57. The molecule has 0 unspecified atom stereocenters. The fraction of sp³-hybridized carbons (Fsp3) is 0.0714. The van der Waals surface area contributed by atoms with Crippen molar-refractivity contribution in [2.24, 2.45) is 0 Å². The van der Waals surface area contributed by atoms with Gasteiger partial charge in [0.1, 0.15) is 11.5 Å². The molecule has 0 fully saturated rings. The zero-order valence-corrected chi connectivity index (χ0v) is 13.0. The van der Waals surface area contributed by atoms with E-state index in [1.54, 1.807) is 18.2 Å². The molecule has 0 heterocycles. The molecule has 0 atom stereocenters. The van der Waals surface area contributed by atoms with Gasteiger partial charge in [-0.2, -0.15) is 5.26 Å². The Morgan fingerprint density at radius 3 is 2.63 bits per heavy atom. The van der Waals surface area contributed by atoms with Crippen molar-refractivity contribution in [3.8, 4) is 17.6 Å². The van der Waals surface area contributed by atoms with Crippen LogP contribution >= 0.6 is 31.9 Å². The summed E-state index contributed by atoms with van der Waals surface area (Å²) >= 11 is 6.82. The maximum atomic E-state index is 8.74. The SMILES string of the molecule is N#CCc1cc(Oc2ccc(Br)cc2Br)ccc1N. The van der Waals surface area contributed by atoms with Gasteiger partial charge in [0, 0.05) is 10.2 Å². The minimum Gasteiger partial charge on any atom is -0.456 e. The lowest BCUT2D eigenvalue weighted by molar-refractivity contribution is 0.479. The summed E-state index contributed by atoms with van der Waals surface area (Å²) < 4.78 is 7.59. The van der Waals surface area contributed by atoms with E-state index in [4.69, 9.17) is 15.7 Å². The van der Waals surface area contributed by atoms with Crippen LogP contribution in [0.4, 0.5) is 5.69 Å². The largest absolute Gasteiger partial charge is 0.456 e. The highest BCUT2D eigenvalue weighted by molar-refractivity contribution is 9.11. The summed E-state index contributed by atoms with van der Waals surface area (Å²) in [5.41, 5.74) is 7.17. The quantitative estimate of drug-likeness (QED) is 0.787. The van der Waals surface area contributed by atoms with Gasteiger partial charge in [-0.3, -0.25) is 0 Å². The first kappa shape index (κ1) is 13.9. The maximum Gasteiger partial charge on any atom is 0.141 e. The number of nitrogen functional groups attached to an aromatic ring is 1. The Balaban J connectivity index is 2.28. The molecule has 0 bridgehead atoms. The zero-order chi connectivity index (χ0) is 13.8. The third-order valence-corrected chi connectivity index (χ3v) is 3.62. The molecule has 0 saturated carbocycles. The second-order valence-corrected chi connectivity index (χ2v) is 5.64. The van der Waals surface area contributed by atoms with E-state index < -0.39 is 0 Å². The monoisotopic (exact) mass is 380 g/mol. The van der Waals surface area contributed by atoms with Crippen LogP contribution in [-0.4, -0.2) is 0 Å². The van der Waals surface area contributed by atoms with Crippen LogP contribution in [0.15, 0.2) is 45.3 Å². The summed E-state index contributed by atoms with van der Waals surface area (Å²) in [5, 5.41) is 8.74. The zero-order valence-electron chi connectivity index (χ0n) is 9.86. The smallest absolute Gasteiger partial charge is 0.141 e. The lowest BCUT2D eigenvalue weighted by atomic mass is 10.1. The van der Waals surface area contributed by atoms with E-state index in [-0.39, 0.29) is 6.42 Å². The van der Waals surface area contributed by atoms with E-state index in [2.05, 4.69) is 37.9 Å². The molecule has 0 saturated heterocycles. The van der Waals surface area contributed by atoms with Gasteiger partial charge >= 0.3 is 0 Å². The minimum absolute atomic E-state index is 0.268. The number of nitriles is 1. The molecule has 5 heteroatoms. The second-order valence-electron chi connectivity index (χ2n) is 3.87. The number of hydrogen-bond donors (Lipinski definition) is 1. The molecule has 2 N–H and O–H groups in total. The molecule has 0 spiro atoms. The van der Waals surface area contributed by atoms with Gasteiger partial charge in [-0.25, -0.2) is 0 Å². The van der Waals surface area contributed by atoms with Gasteiger partial charge in [0.25, 0.3) is 0 Å². The van der Waals surface area contributed by atoms with Crippen LogP contribution in [0.3, 0.4) is 0 Å². The summed E-state index contributed by atoms with van der Waals surface area (Å²) in [6.07, 6.45) is 0.268. The highest BCUT2D eigenvalue weighted by atomic mass is 79.9. The molecule has 0 aromatic heterocycles. The predicted molar refractivity (Wildman–Crippen MR) is 82.1 cm³/mol. The van der Waals surface area contributed by atoms with Crippen molar-refractivity contribution in [1.29, 1.82) is 5.26 Å². The number of nitrogens with zero attached hydrogens (tertiary/aromatic N) is 1. The molecule has 96 valence electrons. The Morgan fingerprint density at radius 2 is 1.95 bits per heavy atom. The van der Waals surface area contributed by atoms with Crippen molar-refractivity contribution in [2.75, 3.05) is 5.73 Å². The van der Waals surface area contributed by atoms with Crippen molar-refractivity contribution in [3.05, 3.63) is 50.9 Å². The van der Waals surface area contributed by atoms with E-state index in [1.165, 1.54) is 0 Å². The minimum atomic E-state index is 0.268. The van der Waals surface area contributed by atoms with Crippen LogP contribution in [0.2, 0.25) is 0 Å². The molecule has 0 aliphatic heterocycles. The van der Waals surface area contributed by atoms with Crippen molar-refractivity contribution in [1.82, 2.24) is 0 Å². The standard InChI is InChI=1S/C14H10Br2N2O/c15-10-1-4-14(12(16)8-10)19-11-2-3-13(18)9(7-11)5-6-17/h1-4,7-8H,5,18H2. The number of ether oxygens (including phenoxy) is 1. The van der Waals surface area contributed by atoms with Gasteiger partial charge in [-0.05, 0) is 57.9 Å².